The minimum absolute atomic E-state index is 0.148. The first-order valence-corrected chi connectivity index (χ1v) is 8.48. The molecule has 1 fully saturated rings. The molecule has 0 saturated heterocycles. The van der Waals surface area contributed by atoms with Crippen LogP contribution in [-0.4, -0.2) is 20.2 Å². The number of hydrogen-bond acceptors (Lipinski definition) is 5. The number of anilines is 2. The Morgan fingerprint density at radius 2 is 2.26 bits per heavy atom. The van der Waals surface area contributed by atoms with Crippen LogP contribution in [0.2, 0.25) is 0 Å². The lowest BCUT2D eigenvalue weighted by atomic mass is 10.3. The van der Waals surface area contributed by atoms with E-state index in [1.54, 1.807) is 11.3 Å². The van der Waals surface area contributed by atoms with Crippen LogP contribution in [0.15, 0.2) is 24.4 Å². The van der Waals surface area contributed by atoms with E-state index >= 15 is 0 Å². The number of H-pyrrole nitrogens is 1. The van der Waals surface area contributed by atoms with Gasteiger partial charge in [-0.25, -0.2) is 14.4 Å². The third-order valence-electron chi connectivity index (χ3n) is 3.84. The molecular formula is C16H16FN5S. The smallest absolute Gasteiger partial charge is 0.184 e. The summed E-state index contributed by atoms with van der Waals surface area (Å²) < 4.78 is 14.0. The van der Waals surface area contributed by atoms with Gasteiger partial charge < -0.3 is 5.32 Å². The highest BCUT2D eigenvalue weighted by molar-refractivity contribution is 7.15. The zero-order valence-corrected chi connectivity index (χ0v) is 13.5. The molecule has 1 saturated carbocycles. The van der Waals surface area contributed by atoms with E-state index in [9.17, 15) is 4.39 Å². The molecule has 5 nitrogen and oxygen atoms in total. The van der Waals surface area contributed by atoms with Crippen LogP contribution >= 0.6 is 11.3 Å². The fourth-order valence-corrected chi connectivity index (χ4v) is 3.28. The van der Waals surface area contributed by atoms with Crippen molar-refractivity contribution in [2.45, 2.75) is 32.1 Å². The summed E-state index contributed by atoms with van der Waals surface area (Å²) in [4.78, 5) is 10.6. The maximum absolute atomic E-state index is 14.0. The molecule has 0 radical (unpaired) electrons. The number of thiophene rings is 1. The molecule has 1 aliphatic carbocycles. The van der Waals surface area contributed by atoms with E-state index in [4.69, 9.17) is 0 Å². The first-order valence-electron chi connectivity index (χ1n) is 7.67. The maximum Gasteiger partial charge on any atom is 0.184 e. The van der Waals surface area contributed by atoms with Gasteiger partial charge in [-0.15, -0.1) is 11.3 Å². The quantitative estimate of drug-likeness (QED) is 0.734. The number of halogens is 1. The largest absolute Gasteiger partial charge is 0.321 e. The number of aryl methyl sites for hydroxylation is 1. The Morgan fingerprint density at radius 1 is 1.39 bits per heavy atom. The Kier molecular flexibility index (Phi) is 3.57. The molecule has 3 heterocycles. The van der Waals surface area contributed by atoms with Crippen molar-refractivity contribution < 1.29 is 4.39 Å². The van der Waals surface area contributed by atoms with E-state index < -0.39 is 5.82 Å². The van der Waals surface area contributed by atoms with Gasteiger partial charge in [-0.3, -0.25) is 5.10 Å². The molecular weight excluding hydrogens is 313 g/mol. The van der Waals surface area contributed by atoms with Gasteiger partial charge in [0.25, 0.3) is 0 Å². The zero-order valence-electron chi connectivity index (χ0n) is 12.6. The van der Waals surface area contributed by atoms with Crippen LogP contribution in [0.3, 0.4) is 0 Å². The third-order valence-corrected chi connectivity index (χ3v) is 5.06. The summed E-state index contributed by atoms with van der Waals surface area (Å²) in [6.07, 6.45) is 4.54. The van der Waals surface area contributed by atoms with Crippen LogP contribution in [0.4, 0.5) is 16.0 Å². The Hall–Kier alpha value is -2.28. The lowest BCUT2D eigenvalue weighted by molar-refractivity contribution is 0.619. The van der Waals surface area contributed by atoms with E-state index in [2.05, 4.69) is 38.5 Å². The van der Waals surface area contributed by atoms with Crippen molar-refractivity contribution in [2.24, 2.45) is 0 Å². The molecule has 2 N–H and O–H groups in total. The van der Waals surface area contributed by atoms with E-state index in [-0.39, 0.29) is 5.82 Å². The SMILES string of the molecule is CCc1ccc(-c2ncc(F)c(Nc3cc(C4CC4)[nH]n3)n2)s1. The highest BCUT2D eigenvalue weighted by atomic mass is 32.1. The summed E-state index contributed by atoms with van der Waals surface area (Å²) in [6, 6.07) is 5.94. The summed E-state index contributed by atoms with van der Waals surface area (Å²) in [5, 5.41) is 10.1. The molecule has 3 aromatic rings. The zero-order chi connectivity index (χ0) is 15.8. The molecule has 0 bridgehead atoms. The number of aromatic amines is 1. The minimum Gasteiger partial charge on any atom is -0.321 e. The molecule has 0 aliphatic heterocycles. The van der Waals surface area contributed by atoms with Crippen molar-refractivity contribution in [2.75, 3.05) is 5.32 Å². The van der Waals surface area contributed by atoms with Gasteiger partial charge in [-0.05, 0) is 31.4 Å². The van der Waals surface area contributed by atoms with Crippen LogP contribution in [0.5, 0.6) is 0 Å². The normalized spacial score (nSPS) is 14.2. The van der Waals surface area contributed by atoms with Crippen molar-refractivity contribution in [3.63, 3.8) is 0 Å². The standard InChI is InChI=1S/C16H16FN5S/c1-2-10-5-6-13(23-10)16-18-8-11(17)15(20-16)19-14-7-12(21-22-14)9-3-4-9/h5-9H,2-4H2,1H3,(H2,18,19,20,21,22). The molecule has 0 amide bonds. The highest BCUT2D eigenvalue weighted by Gasteiger charge is 2.25. The van der Waals surface area contributed by atoms with Crippen LogP contribution in [-0.2, 0) is 6.42 Å². The van der Waals surface area contributed by atoms with Gasteiger partial charge in [0.1, 0.15) is 0 Å². The van der Waals surface area contributed by atoms with E-state index in [1.807, 2.05) is 12.1 Å². The van der Waals surface area contributed by atoms with E-state index in [1.165, 1.54) is 23.9 Å². The second-order valence-corrected chi connectivity index (χ2v) is 6.79. The first kappa shape index (κ1) is 14.3. The van der Waals surface area contributed by atoms with Crippen LogP contribution < -0.4 is 5.32 Å². The van der Waals surface area contributed by atoms with Crippen LogP contribution in [0, 0.1) is 5.82 Å². The summed E-state index contributed by atoms with van der Waals surface area (Å²) in [6.45, 7) is 2.10. The van der Waals surface area contributed by atoms with Crippen molar-refractivity contribution in [3.8, 4) is 10.7 Å². The van der Waals surface area contributed by atoms with Crippen LogP contribution in [0.1, 0.15) is 36.3 Å². The van der Waals surface area contributed by atoms with Gasteiger partial charge in [0.05, 0.1) is 11.1 Å². The van der Waals surface area contributed by atoms with Crippen molar-refractivity contribution in [1.82, 2.24) is 20.2 Å². The molecule has 0 spiro atoms. The molecule has 23 heavy (non-hydrogen) atoms. The monoisotopic (exact) mass is 329 g/mol. The van der Waals surface area contributed by atoms with Crippen molar-refractivity contribution in [3.05, 3.63) is 40.8 Å². The Labute approximate surface area is 137 Å². The second-order valence-electron chi connectivity index (χ2n) is 5.62. The van der Waals surface area contributed by atoms with Gasteiger partial charge in [0, 0.05) is 22.6 Å². The summed E-state index contributed by atoms with van der Waals surface area (Å²) in [5.74, 6) is 1.34. The van der Waals surface area contributed by atoms with Gasteiger partial charge in [0.2, 0.25) is 0 Å². The maximum atomic E-state index is 14.0. The predicted octanol–water partition coefficient (Wildman–Crippen LogP) is 4.25. The number of nitrogens with zero attached hydrogens (tertiary/aromatic N) is 3. The number of rotatable bonds is 5. The lowest BCUT2D eigenvalue weighted by Crippen LogP contribution is -2.00. The third kappa shape index (κ3) is 2.96. The number of hydrogen-bond donors (Lipinski definition) is 2. The number of nitrogens with one attached hydrogen (secondary N) is 2. The molecule has 118 valence electrons. The fourth-order valence-electron chi connectivity index (χ4n) is 2.39. The molecule has 7 heteroatoms. The molecule has 3 aromatic heterocycles. The Bertz CT molecular complexity index is 837. The van der Waals surface area contributed by atoms with Crippen LogP contribution in [0.25, 0.3) is 10.7 Å². The fraction of sp³-hybridized carbons (Fsp3) is 0.312. The summed E-state index contributed by atoms with van der Waals surface area (Å²) in [7, 11) is 0. The van der Waals surface area contributed by atoms with Crippen molar-refractivity contribution >= 4 is 23.0 Å². The molecule has 4 rings (SSSR count). The summed E-state index contributed by atoms with van der Waals surface area (Å²) in [5.41, 5.74) is 1.09. The Balaban J connectivity index is 1.60. The molecule has 1 aliphatic rings. The van der Waals surface area contributed by atoms with Gasteiger partial charge in [0.15, 0.2) is 23.3 Å². The Morgan fingerprint density at radius 3 is 3.00 bits per heavy atom. The topological polar surface area (TPSA) is 66.5 Å². The highest BCUT2D eigenvalue weighted by Crippen LogP contribution is 2.39. The van der Waals surface area contributed by atoms with E-state index in [0.29, 0.717) is 17.6 Å². The lowest BCUT2D eigenvalue weighted by Gasteiger charge is -2.04. The average molecular weight is 329 g/mol. The van der Waals surface area contributed by atoms with Gasteiger partial charge in [-0.2, -0.15) is 5.10 Å². The summed E-state index contributed by atoms with van der Waals surface area (Å²) >= 11 is 1.63. The number of aromatic nitrogens is 4. The molecule has 0 unspecified atom stereocenters. The van der Waals surface area contributed by atoms with Crippen molar-refractivity contribution in [1.29, 1.82) is 0 Å². The van der Waals surface area contributed by atoms with E-state index in [0.717, 1.165) is 17.0 Å². The molecule has 0 aromatic carbocycles. The predicted molar refractivity (Wildman–Crippen MR) is 88.5 cm³/mol. The minimum atomic E-state index is -0.489. The van der Waals surface area contributed by atoms with Gasteiger partial charge in [-0.1, -0.05) is 6.92 Å². The second kappa shape index (κ2) is 5.73. The molecule has 0 atom stereocenters. The average Bonchev–Trinajstić information content (AvgIpc) is 3.11. The first-order chi connectivity index (χ1) is 11.2. The van der Waals surface area contributed by atoms with Gasteiger partial charge >= 0.3 is 0 Å².